The van der Waals surface area contributed by atoms with Gasteiger partial charge >= 0.3 is 0 Å². The van der Waals surface area contributed by atoms with Crippen LogP contribution in [0.2, 0.25) is 5.02 Å². The second kappa shape index (κ2) is 9.56. The van der Waals surface area contributed by atoms with E-state index in [1.807, 2.05) is 19.1 Å². The van der Waals surface area contributed by atoms with Gasteiger partial charge in [0.25, 0.3) is 0 Å². The Kier molecular flexibility index (Phi) is 6.60. The van der Waals surface area contributed by atoms with Crippen molar-refractivity contribution in [2.24, 2.45) is 0 Å². The lowest BCUT2D eigenvalue weighted by Gasteiger charge is -2.22. The molecule has 1 unspecified atom stereocenters. The van der Waals surface area contributed by atoms with E-state index in [0.29, 0.717) is 53.8 Å². The van der Waals surface area contributed by atoms with E-state index in [4.69, 9.17) is 25.6 Å². The minimum absolute atomic E-state index is 0.0470. The van der Waals surface area contributed by atoms with Gasteiger partial charge in [-0.1, -0.05) is 29.7 Å². The van der Waals surface area contributed by atoms with Gasteiger partial charge in [0.15, 0.2) is 11.5 Å². The number of benzene rings is 2. The smallest absolute Gasteiger partial charge is 0.249 e. The molecule has 0 N–H and O–H groups in total. The summed E-state index contributed by atoms with van der Waals surface area (Å²) in [6.07, 6.45) is 1.80. The lowest BCUT2D eigenvalue weighted by molar-refractivity contribution is -0.129. The van der Waals surface area contributed by atoms with Crippen LogP contribution in [0, 0.1) is 5.82 Å². The van der Waals surface area contributed by atoms with E-state index in [1.165, 1.54) is 12.1 Å². The van der Waals surface area contributed by atoms with E-state index in [1.54, 1.807) is 24.1 Å². The maximum absolute atomic E-state index is 13.4. The molecule has 2 heterocycles. The zero-order chi connectivity index (χ0) is 22.7. The number of carbonyl (C=O) groups excluding carboxylic acids is 1. The van der Waals surface area contributed by atoms with Crippen LogP contribution in [0.1, 0.15) is 43.7 Å². The third-order valence-corrected chi connectivity index (χ3v) is 5.65. The fourth-order valence-electron chi connectivity index (χ4n) is 3.65. The Hall–Kier alpha value is -3.13. The van der Waals surface area contributed by atoms with Gasteiger partial charge in [0.05, 0.1) is 13.7 Å². The number of ether oxygens (including phenoxy) is 2. The van der Waals surface area contributed by atoms with Gasteiger partial charge in [-0.25, -0.2) is 4.39 Å². The molecular formula is C23H23ClFN3O4. The van der Waals surface area contributed by atoms with Gasteiger partial charge in [-0.05, 0) is 48.7 Å². The van der Waals surface area contributed by atoms with Gasteiger partial charge in [-0.2, -0.15) is 4.98 Å². The van der Waals surface area contributed by atoms with Crippen molar-refractivity contribution in [3.05, 3.63) is 58.7 Å². The molecule has 1 amide bonds. The molecule has 1 aliphatic heterocycles. The Morgan fingerprint density at radius 3 is 2.84 bits per heavy atom. The molecule has 168 valence electrons. The van der Waals surface area contributed by atoms with Crippen molar-refractivity contribution in [1.29, 1.82) is 0 Å². The van der Waals surface area contributed by atoms with Gasteiger partial charge in [0.2, 0.25) is 17.6 Å². The van der Waals surface area contributed by atoms with E-state index in [9.17, 15) is 9.18 Å². The summed E-state index contributed by atoms with van der Waals surface area (Å²) in [6, 6.07) is 9.18. The molecule has 0 spiro atoms. The number of amides is 1. The number of hydrogen-bond donors (Lipinski definition) is 0. The number of halogens is 2. The van der Waals surface area contributed by atoms with E-state index in [2.05, 4.69) is 10.1 Å². The maximum Gasteiger partial charge on any atom is 0.249 e. The fourth-order valence-corrected chi connectivity index (χ4v) is 3.87. The molecule has 1 fully saturated rings. The normalized spacial score (nSPS) is 15.9. The number of methoxy groups -OCH3 is 1. The molecule has 1 aromatic heterocycles. The largest absolute Gasteiger partial charge is 0.493 e. The third-order valence-electron chi connectivity index (χ3n) is 5.29. The molecule has 1 aliphatic rings. The van der Waals surface area contributed by atoms with Crippen LogP contribution in [0.3, 0.4) is 0 Å². The molecule has 4 rings (SSSR count). The van der Waals surface area contributed by atoms with Crippen LogP contribution in [-0.4, -0.2) is 34.7 Å². The molecule has 0 bridgehead atoms. The number of nitrogens with zero attached hydrogens (tertiary/aromatic N) is 3. The highest BCUT2D eigenvalue weighted by Gasteiger charge is 2.36. The van der Waals surface area contributed by atoms with Crippen molar-refractivity contribution in [3.8, 4) is 22.9 Å². The number of likely N-dealkylation sites (tertiary alicyclic amines) is 1. The number of carbonyl (C=O) groups is 1. The van der Waals surface area contributed by atoms with Crippen molar-refractivity contribution < 1.29 is 23.2 Å². The lowest BCUT2D eigenvalue weighted by Crippen LogP contribution is -2.27. The number of aromatic nitrogens is 2. The van der Waals surface area contributed by atoms with Crippen LogP contribution in [0.4, 0.5) is 4.39 Å². The van der Waals surface area contributed by atoms with E-state index < -0.39 is 5.82 Å². The van der Waals surface area contributed by atoms with Crippen molar-refractivity contribution in [3.63, 3.8) is 0 Å². The zero-order valence-electron chi connectivity index (χ0n) is 17.8. The Morgan fingerprint density at radius 2 is 2.09 bits per heavy atom. The fraction of sp³-hybridized carbons (Fsp3) is 0.348. The molecule has 1 atom stereocenters. The Bertz CT molecular complexity index is 1120. The van der Waals surface area contributed by atoms with Gasteiger partial charge in [0, 0.05) is 23.6 Å². The van der Waals surface area contributed by atoms with Crippen molar-refractivity contribution in [2.75, 3.05) is 13.7 Å². The van der Waals surface area contributed by atoms with E-state index in [-0.39, 0.29) is 23.5 Å². The predicted octanol–water partition coefficient (Wildman–Crippen LogP) is 5.19. The summed E-state index contributed by atoms with van der Waals surface area (Å²) in [5, 5.41) is 4.37. The molecule has 32 heavy (non-hydrogen) atoms. The number of rotatable bonds is 8. The molecular weight excluding hydrogens is 437 g/mol. The van der Waals surface area contributed by atoms with Crippen LogP contribution in [0.15, 0.2) is 40.9 Å². The van der Waals surface area contributed by atoms with Crippen molar-refractivity contribution >= 4 is 17.5 Å². The van der Waals surface area contributed by atoms with Crippen LogP contribution in [0.5, 0.6) is 11.5 Å². The summed E-state index contributed by atoms with van der Waals surface area (Å²) in [4.78, 5) is 18.7. The maximum atomic E-state index is 13.4. The van der Waals surface area contributed by atoms with Gasteiger partial charge in [-0.3, -0.25) is 4.79 Å². The third kappa shape index (κ3) is 4.55. The first kappa shape index (κ1) is 22.1. The molecule has 0 radical (unpaired) electrons. The van der Waals surface area contributed by atoms with Gasteiger partial charge < -0.3 is 18.9 Å². The van der Waals surface area contributed by atoms with E-state index in [0.717, 1.165) is 6.42 Å². The molecule has 1 saturated heterocycles. The summed E-state index contributed by atoms with van der Waals surface area (Å²) >= 11 is 6.16. The average molecular weight is 460 g/mol. The Morgan fingerprint density at radius 1 is 1.25 bits per heavy atom. The van der Waals surface area contributed by atoms with E-state index >= 15 is 0 Å². The summed E-state index contributed by atoms with van der Waals surface area (Å²) in [6.45, 7) is 2.85. The molecule has 2 aromatic carbocycles. The van der Waals surface area contributed by atoms with Crippen LogP contribution in [-0.2, 0) is 11.3 Å². The Balaban J connectivity index is 1.56. The molecule has 9 heteroatoms. The topological polar surface area (TPSA) is 77.7 Å². The predicted molar refractivity (Wildman–Crippen MR) is 116 cm³/mol. The highest BCUT2D eigenvalue weighted by Crippen LogP contribution is 2.36. The summed E-state index contributed by atoms with van der Waals surface area (Å²) in [7, 11) is 1.57. The second-order valence-electron chi connectivity index (χ2n) is 7.48. The first-order chi connectivity index (χ1) is 15.5. The van der Waals surface area contributed by atoms with Gasteiger partial charge in [0.1, 0.15) is 11.9 Å². The van der Waals surface area contributed by atoms with Crippen LogP contribution < -0.4 is 9.47 Å². The monoisotopic (exact) mass is 459 g/mol. The second-order valence-corrected chi connectivity index (χ2v) is 7.89. The summed E-state index contributed by atoms with van der Waals surface area (Å²) in [5.41, 5.74) is 1.36. The minimum atomic E-state index is -0.425. The summed E-state index contributed by atoms with van der Waals surface area (Å²) < 4.78 is 30.0. The SMILES string of the molecule is CCCOc1ccc(-c2noc(C3CCC(=O)N3Cc3ccc(F)cc3Cl)n2)cc1OC. The van der Waals surface area contributed by atoms with Gasteiger partial charge in [-0.15, -0.1) is 0 Å². The van der Waals surface area contributed by atoms with Crippen molar-refractivity contribution in [2.45, 2.75) is 38.8 Å². The average Bonchev–Trinajstić information content (AvgIpc) is 3.41. The lowest BCUT2D eigenvalue weighted by atomic mass is 10.1. The highest BCUT2D eigenvalue weighted by atomic mass is 35.5. The van der Waals surface area contributed by atoms with Crippen LogP contribution in [0.25, 0.3) is 11.4 Å². The van der Waals surface area contributed by atoms with Crippen molar-refractivity contribution in [1.82, 2.24) is 15.0 Å². The molecule has 0 aliphatic carbocycles. The molecule has 7 nitrogen and oxygen atoms in total. The zero-order valence-corrected chi connectivity index (χ0v) is 18.6. The van der Waals surface area contributed by atoms with Crippen LogP contribution >= 0.6 is 11.6 Å². The first-order valence-electron chi connectivity index (χ1n) is 10.4. The Labute approximate surface area is 190 Å². The molecule has 0 saturated carbocycles. The minimum Gasteiger partial charge on any atom is -0.493 e. The number of hydrogen-bond acceptors (Lipinski definition) is 6. The standard InChI is InChI=1S/C23H23ClFN3O4/c1-3-10-31-19-8-5-14(11-20(19)30-2)22-26-23(32-27-22)18-7-9-21(29)28(18)13-15-4-6-16(25)12-17(15)24/h4-6,8,11-12,18H,3,7,9-10,13H2,1-2H3. The highest BCUT2D eigenvalue weighted by molar-refractivity contribution is 6.31. The first-order valence-corrected chi connectivity index (χ1v) is 10.8. The molecule has 3 aromatic rings. The quantitative estimate of drug-likeness (QED) is 0.461. The summed E-state index contributed by atoms with van der Waals surface area (Å²) in [5.74, 6) is 1.48.